The van der Waals surface area contributed by atoms with Gasteiger partial charge in [-0.25, -0.2) is 19.9 Å². The monoisotopic (exact) mass is 448 g/mol. The maximum Gasteiger partial charge on any atom is 0.219 e. The standard InChI is InChI=1S/C24H28N6O3/c1-16-14-31-11-9-30(16)22-19-15-33-24(2,8-10-32-18-6-4-3-5-7-18)20(19)28-21(29-22)17-12-26-23(25)27-13-17/h3-7,12-13,16H,8-11,14-15H2,1-2H3,(H2,25,26,27)/t16-,24?/m0/s1. The zero-order valence-electron chi connectivity index (χ0n) is 18.9. The van der Waals surface area contributed by atoms with Gasteiger partial charge in [0.05, 0.1) is 43.7 Å². The first-order valence-corrected chi connectivity index (χ1v) is 11.2. The van der Waals surface area contributed by atoms with Crippen LogP contribution in [0.25, 0.3) is 11.4 Å². The lowest BCUT2D eigenvalue weighted by Crippen LogP contribution is -2.44. The van der Waals surface area contributed by atoms with E-state index < -0.39 is 5.60 Å². The predicted octanol–water partition coefficient (Wildman–Crippen LogP) is 2.96. The molecule has 3 aromatic rings. The molecule has 0 bridgehead atoms. The molecule has 0 saturated carbocycles. The van der Waals surface area contributed by atoms with Crippen molar-refractivity contribution in [1.82, 2.24) is 19.9 Å². The average molecular weight is 449 g/mol. The minimum Gasteiger partial charge on any atom is -0.493 e. The van der Waals surface area contributed by atoms with E-state index in [0.717, 1.165) is 29.4 Å². The molecule has 2 aliphatic rings. The van der Waals surface area contributed by atoms with Gasteiger partial charge in [0.25, 0.3) is 0 Å². The lowest BCUT2D eigenvalue weighted by molar-refractivity contribution is -0.0391. The molecule has 4 heterocycles. The summed E-state index contributed by atoms with van der Waals surface area (Å²) in [7, 11) is 0. The van der Waals surface area contributed by atoms with E-state index in [1.165, 1.54) is 0 Å². The quantitative estimate of drug-likeness (QED) is 0.609. The van der Waals surface area contributed by atoms with Crippen molar-refractivity contribution in [3.8, 4) is 17.1 Å². The second-order valence-corrected chi connectivity index (χ2v) is 8.58. The summed E-state index contributed by atoms with van der Waals surface area (Å²) in [5.41, 5.74) is 7.71. The van der Waals surface area contributed by atoms with Gasteiger partial charge in [-0.15, -0.1) is 0 Å². The molecule has 9 heteroatoms. The number of aromatic nitrogens is 4. The Balaban J connectivity index is 1.50. The molecule has 1 aromatic carbocycles. The number of rotatable bonds is 6. The summed E-state index contributed by atoms with van der Waals surface area (Å²) in [6.07, 6.45) is 3.96. The lowest BCUT2D eigenvalue weighted by atomic mass is 9.96. The molecular formula is C24H28N6O3. The second kappa shape index (κ2) is 8.92. The van der Waals surface area contributed by atoms with Crippen molar-refractivity contribution in [3.63, 3.8) is 0 Å². The third-order valence-corrected chi connectivity index (χ3v) is 6.18. The molecule has 1 fully saturated rings. The fourth-order valence-electron chi connectivity index (χ4n) is 4.28. The molecule has 0 radical (unpaired) electrons. The molecule has 2 aromatic heterocycles. The van der Waals surface area contributed by atoms with Crippen molar-refractivity contribution < 1.29 is 14.2 Å². The molecule has 33 heavy (non-hydrogen) atoms. The molecule has 0 spiro atoms. The maximum atomic E-state index is 6.33. The highest BCUT2D eigenvalue weighted by Gasteiger charge is 2.41. The Morgan fingerprint density at radius 3 is 2.73 bits per heavy atom. The van der Waals surface area contributed by atoms with Gasteiger partial charge in [-0.05, 0) is 26.0 Å². The molecule has 0 aliphatic carbocycles. The molecular weight excluding hydrogens is 420 g/mol. The number of morpholine rings is 1. The van der Waals surface area contributed by atoms with Crippen LogP contribution < -0.4 is 15.4 Å². The number of ether oxygens (including phenoxy) is 3. The van der Waals surface area contributed by atoms with Crippen molar-refractivity contribution in [1.29, 1.82) is 0 Å². The Bertz CT molecular complexity index is 1110. The molecule has 0 amide bonds. The Morgan fingerprint density at radius 2 is 1.97 bits per heavy atom. The van der Waals surface area contributed by atoms with Crippen molar-refractivity contribution in [2.45, 2.75) is 38.5 Å². The molecule has 5 rings (SSSR count). The zero-order chi connectivity index (χ0) is 22.8. The summed E-state index contributed by atoms with van der Waals surface area (Å²) < 4.78 is 17.9. The van der Waals surface area contributed by atoms with E-state index in [-0.39, 0.29) is 12.0 Å². The van der Waals surface area contributed by atoms with Gasteiger partial charge in [0.15, 0.2) is 5.82 Å². The highest BCUT2D eigenvalue weighted by Crippen LogP contribution is 2.42. The number of nitrogens with two attached hydrogens (primary N) is 1. The van der Waals surface area contributed by atoms with E-state index in [1.54, 1.807) is 12.4 Å². The number of fused-ring (bicyclic) bond motifs is 1. The van der Waals surface area contributed by atoms with Gasteiger partial charge < -0.3 is 24.8 Å². The second-order valence-electron chi connectivity index (χ2n) is 8.58. The van der Waals surface area contributed by atoms with Crippen LogP contribution in [-0.4, -0.2) is 52.3 Å². The number of nitrogen functional groups attached to an aromatic ring is 1. The number of benzene rings is 1. The average Bonchev–Trinajstić information content (AvgIpc) is 3.17. The summed E-state index contributed by atoms with van der Waals surface area (Å²) in [5.74, 6) is 2.50. The fourth-order valence-corrected chi connectivity index (χ4v) is 4.28. The van der Waals surface area contributed by atoms with Crippen molar-refractivity contribution in [3.05, 3.63) is 54.0 Å². The first-order chi connectivity index (χ1) is 16.0. The Labute approximate surface area is 193 Å². The van der Waals surface area contributed by atoms with Crippen LogP contribution in [0.1, 0.15) is 31.5 Å². The largest absolute Gasteiger partial charge is 0.493 e. The van der Waals surface area contributed by atoms with Crippen LogP contribution in [0.4, 0.5) is 11.8 Å². The SMILES string of the molecule is C[C@H]1COCCN1c1nc(-c2cnc(N)nc2)nc2c1COC2(C)CCOc1ccccc1. The van der Waals surface area contributed by atoms with Crippen molar-refractivity contribution >= 4 is 11.8 Å². The minimum absolute atomic E-state index is 0.196. The van der Waals surface area contributed by atoms with E-state index in [4.69, 9.17) is 29.9 Å². The van der Waals surface area contributed by atoms with Gasteiger partial charge in [0.2, 0.25) is 5.95 Å². The van der Waals surface area contributed by atoms with Gasteiger partial charge >= 0.3 is 0 Å². The fraction of sp³-hybridized carbons (Fsp3) is 0.417. The van der Waals surface area contributed by atoms with Crippen LogP contribution >= 0.6 is 0 Å². The Morgan fingerprint density at radius 1 is 1.18 bits per heavy atom. The van der Waals surface area contributed by atoms with Gasteiger partial charge in [0, 0.05) is 30.9 Å². The molecule has 1 unspecified atom stereocenters. The molecule has 2 N–H and O–H groups in total. The van der Waals surface area contributed by atoms with E-state index in [0.29, 0.717) is 44.2 Å². The topological polar surface area (TPSA) is 109 Å². The van der Waals surface area contributed by atoms with Gasteiger partial charge in [-0.3, -0.25) is 0 Å². The summed E-state index contributed by atoms with van der Waals surface area (Å²) in [4.78, 5) is 20.4. The third-order valence-electron chi connectivity index (χ3n) is 6.18. The van der Waals surface area contributed by atoms with Crippen LogP contribution in [0.15, 0.2) is 42.7 Å². The molecule has 2 atom stereocenters. The van der Waals surface area contributed by atoms with Crippen molar-refractivity contribution in [2.24, 2.45) is 0 Å². The molecule has 1 saturated heterocycles. The van der Waals surface area contributed by atoms with Crippen LogP contribution in [0.3, 0.4) is 0 Å². The summed E-state index contributed by atoms with van der Waals surface area (Å²) in [6.45, 7) is 7.24. The molecule has 2 aliphatic heterocycles. The number of anilines is 2. The Kier molecular flexibility index (Phi) is 5.82. The van der Waals surface area contributed by atoms with E-state index in [9.17, 15) is 0 Å². The first kappa shape index (κ1) is 21.5. The molecule has 9 nitrogen and oxygen atoms in total. The highest BCUT2D eigenvalue weighted by molar-refractivity contribution is 5.61. The van der Waals surface area contributed by atoms with Crippen molar-refractivity contribution in [2.75, 3.05) is 37.0 Å². The highest BCUT2D eigenvalue weighted by atomic mass is 16.5. The van der Waals surface area contributed by atoms with Gasteiger partial charge in [-0.1, -0.05) is 18.2 Å². The smallest absolute Gasteiger partial charge is 0.219 e. The van der Waals surface area contributed by atoms with Crippen LogP contribution in [0, 0.1) is 0 Å². The van der Waals surface area contributed by atoms with E-state index >= 15 is 0 Å². The minimum atomic E-state index is -0.596. The first-order valence-electron chi connectivity index (χ1n) is 11.2. The Hall–Kier alpha value is -3.30. The van der Waals surface area contributed by atoms with Gasteiger partial charge in [0.1, 0.15) is 17.2 Å². The summed E-state index contributed by atoms with van der Waals surface area (Å²) in [6, 6.07) is 9.99. The van der Waals surface area contributed by atoms with Crippen LogP contribution in [0.2, 0.25) is 0 Å². The van der Waals surface area contributed by atoms with Crippen LogP contribution in [0.5, 0.6) is 5.75 Å². The number of hydrogen-bond donors (Lipinski definition) is 1. The summed E-state index contributed by atoms with van der Waals surface area (Å²) >= 11 is 0. The lowest BCUT2D eigenvalue weighted by Gasteiger charge is -2.35. The zero-order valence-corrected chi connectivity index (χ0v) is 18.9. The molecule has 172 valence electrons. The third kappa shape index (κ3) is 4.34. The predicted molar refractivity (Wildman–Crippen MR) is 124 cm³/mol. The summed E-state index contributed by atoms with van der Waals surface area (Å²) in [5, 5.41) is 0. The number of nitrogens with zero attached hydrogens (tertiary/aromatic N) is 5. The number of hydrogen-bond acceptors (Lipinski definition) is 9. The number of para-hydroxylation sites is 1. The maximum absolute atomic E-state index is 6.33. The van der Waals surface area contributed by atoms with E-state index in [2.05, 4.69) is 28.7 Å². The normalized spacial score (nSPS) is 22.2. The van der Waals surface area contributed by atoms with Gasteiger partial charge in [-0.2, -0.15) is 0 Å². The van der Waals surface area contributed by atoms with Crippen LogP contribution in [-0.2, 0) is 21.7 Å². The van der Waals surface area contributed by atoms with E-state index in [1.807, 2.05) is 30.3 Å².